The molecule has 1 unspecified atom stereocenters. The molecule has 0 spiro atoms. The number of aromatic nitrogens is 1. The highest BCUT2D eigenvalue weighted by molar-refractivity contribution is 7.84. The van der Waals surface area contributed by atoms with Crippen molar-refractivity contribution in [3.8, 4) is 0 Å². The van der Waals surface area contributed by atoms with Crippen molar-refractivity contribution in [2.24, 2.45) is 0 Å². The molecule has 2 N–H and O–H groups in total. The van der Waals surface area contributed by atoms with E-state index in [1.54, 1.807) is 12.1 Å². The monoisotopic (exact) mass is 295 g/mol. The summed E-state index contributed by atoms with van der Waals surface area (Å²) in [6.07, 6.45) is 1.44. The number of halogens is 1. The summed E-state index contributed by atoms with van der Waals surface area (Å²) in [4.78, 5) is 13.8. The molecule has 0 saturated heterocycles. The first-order chi connectivity index (χ1) is 9.47. The number of anilines is 1. The van der Waals surface area contributed by atoms with Crippen LogP contribution in [0.3, 0.4) is 0 Å². The van der Waals surface area contributed by atoms with E-state index in [9.17, 15) is 18.7 Å². The summed E-state index contributed by atoms with van der Waals surface area (Å²) in [6, 6.07) is 6.24. The summed E-state index contributed by atoms with van der Waals surface area (Å²) in [5, 5.41) is 10.8. The first-order valence-corrected chi connectivity index (χ1v) is 6.82. The zero-order valence-corrected chi connectivity index (χ0v) is 11.0. The molecule has 104 valence electrons. The molecule has 0 aliphatic carbocycles. The number of nitrogen functional groups attached to an aromatic ring is 1. The molecule has 0 amide bonds. The number of hydrogen-bond acceptors (Lipinski definition) is 5. The lowest BCUT2D eigenvalue weighted by Crippen LogP contribution is -2.04. The predicted octanol–water partition coefficient (Wildman–Crippen LogP) is 2.02. The average Bonchev–Trinajstić information content (AvgIpc) is 2.38. The molecule has 0 aliphatic rings. The normalized spacial score (nSPS) is 12.1. The minimum atomic E-state index is -1.60. The molecule has 0 bridgehead atoms. The summed E-state index contributed by atoms with van der Waals surface area (Å²) < 4.78 is 25.4. The highest BCUT2D eigenvalue weighted by atomic mass is 32.2. The molecule has 6 nitrogen and oxygen atoms in total. The van der Waals surface area contributed by atoms with Gasteiger partial charge in [0.05, 0.1) is 33.2 Å². The van der Waals surface area contributed by atoms with Gasteiger partial charge in [0.1, 0.15) is 10.8 Å². The van der Waals surface area contributed by atoms with Gasteiger partial charge in [-0.15, -0.1) is 0 Å². The third-order valence-corrected chi connectivity index (χ3v) is 3.84. The number of non-ortho nitro benzene ring substituents is 1. The van der Waals surface area contributed by atoms with Crippen LogP contribution in [0.2, 0.25) is 0 Å². The van der Waals surface area contributed by atoms with Crippen LogP contribution in [0.1, 0.15) is 5.56 Å². The van der Waals surface area contributed by atoms with Crippen molar-refractivity contribution in [1.29, 1.82) is 0 Å². The number of nitrogens with two attached hydrogens (primary N) is 1. The Morgan fingerprint density at radius 1 is 1.40 bits per heavy atom. The maximum atomic E-state index is 13.3. The molecular formula is C12H10FN3O3S. The standard InChI is InChI=1S/C12H10FN3O3S/c13-9-4-8(5-10(6-9)16(17)18)7-20(19)12-11(14)2-1-3-15-12/h1-6H,7,14H2. The highest BCUT2D eigenvalue weighted by Crippen LogP contribution is 2.20. The van der Waals surface area contributed by atoms with Crippen molar-refractivity contribution in [1.82, 2.24) is 4.98 Å². The van der Waals surface area contributed by atoms with Crippen LogP contribution >= 0.6 is 0 Å². The second-order valence-corrected chi connectivity index (χ2v) is 5.33. The number of nitrogens with zero attached hydrogens (tertiary/aromatic N) is 2. The smallest absolute Gasteiger partial charge is 0.272 e. The van der Waals surface area contributed by atoms with E-state index in [-0.39, 0.29) is 27.7 Å². The van der Waals surface area contributed by atoms with Gasteiger partial charge in [-0.2, -0.15) is 0 Å². The zero-order chi connectivity index (χ0) is 14.7. The molecule has 0 radical (unpaired) electrons. The van der Waals surface area contributed by atoms with E-state index in [0.717, 1.165) is 12.1 Å². The van der Waals surface area contributed by atoms with Gasteiger partial charge in [0, 0.05) is 12.3 Å². The van der Waals surface area contributed by atoms with Crippen LogP contribution < -0.4 is 5.73 Å². The second-order valence-electron chi connectivity index (χ2n) is 3.96. The Balaban J connectivity index is 2.28. The largest absolute Gasteiger partial charge is 0.396 e. The van der Waals surface area contributed by atoms with E-state index in [0.29, 0.717) is 0 Å². The van der Waals surface area contributed by atoms with E-state index < -0.39 is 21.5 Å². The molecule has 2 rings (SSSR count). The fraction of sp³-hybridized carbons (Fsp3) is 0.0833. The molecule has 1 heterocycles. The number of benzene rings is 1. The quantitative estimate of drug-likeness (QED) is 0.687. The maximum absolute atomic E-state index is 13.3. The molecule has 20 heavy (non-hydrogen) atoms. The lowest BCUT2D eigenvalue weighted by molar-refractivity contribution is -0.385. The number of nitro benzene ring substituents is 1. The number of rotatable bonds is 4. The van der Waals surface area contributed by atoms with Crippen LogP contribution in [-0.2, 0) is 16.6 Å². The Morgan fingerprint density at radius 2 is 2.15 bits per heavy atom. The van der Waals surface area contributed by atoms with Gasteiger partial charge in [0.2, 0.25) is 0 Å². The summed E-state index contributed by atoms with van der Waals surface area (Å²) in [5.74, 6) is -0.847. The first kappa shape index (κ1) is 14.1. The number of nitro groups is 1. The van der Waals surface area contributed by atoms with Gasteiger partial charge in [-0.3, -0.25) is 14.3 Å². The molecule has 2 aromatic rings. The van der Waals surface area contributed by atoms with Gasteiger partial charge in [-0.1, -0.05) is 0 Å². The Hall–Kier alpha value is -2.35. The Labute approximate surface area is 116 Å². The number of pyridine rings is 1. The Morgan fingerprint density at radius 3 is 2.80 bits per heavy atom. The number of hydrogen-bond donors (Lipinski definition) is 1. The van der Waals surface area contributed by atoms with E-state index in [1.165, 1.54) is 12.3 Å². The van der Waals surface area contributed by atoms with Gasteiger partial charge in [-0.25, -0.2) is 9.37 Å². The van der Waals surface area contributed by atoms with Crippen LogP contribution in [0.4, 0.5) is 15.8 Å². The third-order valence-electron chi connectivity index (χ3n) is 2.47. The minimum absolute atomic E-state index is 0.0974. The van der Waals surface area contributed by atoms with E-state index in [2.05, 4.69) is 4.98 Å². The molecule has 1 aromatic heterocycles. The van der Waals surface area contributed by atoms with Crippen molar-refractivity contribution in [2.75, 3.05) is 5.73 Å². The topological polar surface area (TPSA) is 99.1 Å². The highest BCUT2D eigenvalue weighted by Gasteiger charge is 2.14. The third kappa shape index (κ3) is 3.15. The van der Waals surface area contributed by atoms with Crippen molar-refractivity contribution in [3.05, 3.63) is 58.0 Å². The predicted molar refractivity (Wildman–Crippen MR) is 71.8 cm³/mol. The second kappa shape index (κ2) is 5.74. The van der Waals surface area contributed by atoms with Gasteiger partial charge >= 0.3 is 0 Å². The average molecular weight is 295 g/mol. The van der Waals surface area contributed by atoms with E-state index in [1.807, 2.05) is 0 Å². The van der Waals surface area contributed by atoms with Gasteiger partial charge in [-0.05, 0) is 23.8 Å². The van der Waals surface area contributed by atoms with Crippen LogP contribution in [0.5, 0.6) is 0 Å². The van der Waals surface area contributed by atoms with Gasteiger partial charge in [0.25, 0.3) is 5.69 Å². The van der Waals surface area contributed by atoms with Crippen LogP contribution in [0.25, 0.3) is 0 Å². The zero-order valence-electron chi connectivity index (χ0n) is 10.2. The fourth-order valence-electron chi connectivity index (χ4n) is 1.64. The fourth-order valence-corrected chi connectivity index (χ4v) is 2.75. The van der Waals surface area contributed by atoms with Crippen LogP contribution in [-0.4, -0.2) is 14.1 Å². The molecule has 1 aromatic carbocycles. The lowest BCUT2D eigenvalue weighted by atomic mass is 10.2. The van der Waals surface area contributed by atoms with Crippen molar-refractivity contribution >= 4 is 22.2 Å². The minimum Gasteiger partial charge on any atom is -0.396 e. The summed E-state index contributed by atoms with van der Waals surface area (Å²) in [7, 11) is -1.60. The summed E-state index contributed by atoms with van der Waals surface area (Å²) in [6.45, 7) is 0. The SMILES string of the molecule is Nc1cccnc1S(=O)Cc1cc(F)cc([N+](=O)[O-])c1. The van der Waals surface area contributed by atoms with E-state index in [4.69, 9.17) is 5.73 Å². The molecular weight excluding hydrogens is 285 g/mol. The lowest BCUT2D eigenvalue weighted by Gasteiger charge is -2.05. The van der Waals surface area contributed by atoms with E-state index >= 15 is 0 Å². The van der Waals surface area contributed by atoms with Crippen molar-refractivity contribution < 1.29 is 13.5 Å². The molecule has 0 aliphatic heterocycles. The first-order valence-electron chi connectivity index (χ1n) is 5.50. The van der Waals surface area contributed by atoms with Crippen molar-refractivity contribution in [2.45, 2.75) is 10.8 Å². The van der Waals surface area contributed by atoms with Gasteiger partial charge < -0.3 is 5.73 Å². The van der Waals surface area contributed by atoms with Crippen LogP contribution in [0.15, 0.2) is 41.6 Å². The van der Waals surface area contributed by atoms with Crippen molar-refractivity contribution in [3.63, 3.8) is 0 Å². The Bertz CT molecular complexity index is 693. The summed E-state index contributed by atoms with van der Waals surface area (Å²) in [5.41, 5.74) is 5.77. The van der Waals surface area contributed by atoms with Gasteiger partial charge in [0.15, 0.2) is 0 Å². The maximum Gasteiger partial charge on any atom is 0.272 e. The molecule has 0 saturated carbocycles. The molecule has 8 heteroatoms. The summed E-state index contributed by atoms with van der Waals surface area (Å²) >= 11 is 0. The van der Waals surface area contributed by atoms with Crippen LogP contribution in [0, 0.1) is 15.9 Å². The molecule has 0 fully saturated rings. The Kier molecular flexibility index (Phi) is 4.04. The molecule has 1 atom stereocenters.